The van der Waals surface area contributed by atoms with Gasteiger partial charge in [-0.1, -0.05) is 66.2 Å². The van der Waals surface area contributed by atoms with Crippen molar-refractivity contribution >= 4 is 35.0 Å². The first-order valence-corrected chi connectivity index (χ1v) is 17.8. The van der Waals surface area contributed by atoms with Crippen LogP contribution in [0.2, 0.25) is 0 Å². The number of ether oxygens (including phenoxy) is 1. The van der Waals surface area contributed by atoms with Crippen LogP contribution in [0, 0.1) is 29.1 Å². The number of allylic oxidation sites excluding steroid dienone is 2. The van der Waals surface area contributed by atoms with Gasteiger partial charge >= 0.3 is 12.4 Å². The number of fused-ring (bicyclic) bond motifs is 4. The highest BCUT2D eigenvalue weighted by molar-refractivity contribution is 6.25. The van der Waals surface area contributed by atoms with Crippen LogP contribution < -0.4 is 14.5 Å². The number of phenols is 1. The monoisotopic (exact) mass is 774 g/mol. The van der Waals surface area contributed by atoms with Crippen molar-refractivity contribution in [2.45, 2.75) is 44.6 Å². The second-order valence-electron chi connectivity index (χ2n) is 14.8. The lowest BCUT2D eigenvalue weighted by atomic mass is 9.51. The van der Waals surface area contributed by atoms with E-state index in [-0.39, 0.29) is 36.8 Å². The van der Waals surface area contributed by atoms with Crippen molar-refractivity contribution in [1.82, 2.24) is 0 Å². The van der Waals surface area contributed by atoms with Crippen LogP contribution in [-0.2, 0) is 38.1 Å². The maximum atomic E-state index is 14.6. The molecule has 0 spiro atoms. The largest absolute Gasteiger partial charge is 0.508 e. The van der Waals surface area contributed by atoms with Gasteiger partial charge in [0.1, 0.15) is 18.1 Å². The summed E-state index contributed by atoms with van der Waals surface area (Å²) in [4.78, 5) is 58.8. The minimum Gasteiger partial charge on any atom is -0.508 e. The number of aromatic hydroxyl groups is 1. The predicted molar refractivity (Wildman–Crippen MR) is 189 cm³/mol. The fourth-order valence-electron chi connectivity index (χ4n) is 9.10. The summed E-state index contributed by atoms with van der Waals surface area (Å²) in [5.74, 6) is -8.67. The van der Waals surface area contributed by atoms with Gasteiger partial charge in [0.05, 0.1) is 45.7 Å². The lowest BCUT2D eigenvalue weighted by Crippen LogP contribution is -2.48. The highest BCUT2D eigenvalue weighted by atomic mass is 19.4. The minimum absolute atomic E-state index is 0.0839. The van der Waals surface area contributed by atoms with Crippen molar-refractivity contribution in [3.8, 4) is 11.5 Å². The van der Waals surface area contributed by atoms with E-state index >= 15 is 0 Å². The number of carbonyl (C=O) groups is 4. The van der Waals surface area contributed by atoms with Gasteiger partial charge in [-0.15, -0.1) is 0 Å². The molecule has 6 unspecified atom stereocenters. The van der Waals surface area contributed by atoms with Crippen LogP contribution in [0.1, 0.15) is 47.9 Å². The zero-order valence-corrected chi connectivity index (χ0v) is 29.5. The van der Waals surface area contributed by atoms with Gasteiger partial charge in [0, 0.05) is 17.5 Å². The molecule has 0 radical (unpaired) electrons. The molecule has 8 rings (SSSR count). The van der Waals surface area contributed by atoms with Crippen LogP contribution >= 0.6 is 0 Å². The average molecular weight is 775 g/mol. The Morgan fingerprint density at radius 3 is 1.96 bits per heavy atom. The number of hydrogen-bond donors (Lipinski definition) is 1. The van der Waals surface area contributed by atoms with E-state index in [1.54, 1.807) is 55.5 Å². The number of hydrogen-bond acceptors (Lipinski definition) is 6. The molecule has 288 valence electrons. The lowest BCUT2D eigenvalue weighted by Gasteiger charge is -2.49. The molecule has 0 bridgehead atoms. The van der Waals surface area contributed by atoms with Crippen molar-refractivity contribution in [2.24, 2.45) is 29.1 Å². The molecule has 1 N–H and O–H groups in total. The highest BCUT2D eigenvalue weighted by Gasteiger charge is 2.68. The smallest absolute Gasteiger partial charge is 0.416 e. The highest BCUT2D eigenvalue weighted by Crippen LogP contribution is 2.64. The average Bonchev–Trinajstić information content (AvgIpc) is 3.53. The van der Waals surface area contributed by atoms with Gasteiger partial charge in [0.25, 0.3) is 0 Å². The van der Waals surface area contributed by atoms with Crippen LogP contribution in [0.3, 0.4) is 0 Å². The molecule has 2 aliphatic carbocycles. The first-order valence-electron chi connectivity index (χ1n) is 17.8. The van der Waals surface area contributed by atoms with Gasteiger partial charge in [-0.2, -0.15) is 26.3 Å². The van der Waals surface area contributed by atoms with E-state index < -0.39 is 87.8 Å². The van der Waals surface area contributed by atoms with Gasteiger partial charge < -0.3 is 9.84 Å². The summed E-state index contributed by atoms with van der Waals surface area (Å²) in [5, 5.41) is 11.6. The molecule has 8 nitrogen and oxygen atoms in total. The zero-order valence-electron chi connectivity index (χ0n) is 29.5. The quantitative estimate of drug-likeness (QED) is 0.120. The summed E-state index contributed by atoms with van der Waals surface area (Å²) < 4.78 is 89.0. The minimum atomic E-state index is -5.23. The second-order valence-corrected chi connectivity index (χ2v) is 14.8. The van der Waals surface area contributed by atoms with Crippen molar-refractivity contribution < 1.29 is 55.4 Å². The summed E-state index contributed by atoms with van der Waals surface area (Å²) in [6.07, 6.45) is -9.06. The number of benzene rings is 4. The molecule has 14 heteroatoms. The standard InChI is InChI=1S/C42H32F6N2O6/c1-40-32(37(53)50(39(40)55)25-10-6-3-7-11-25)20-31-28(35(40)29-13-12-27(19-33(29)51)56-21-22-8-4-2-5-9-22)14-15-30-34(31)38(54)49(36(30)52)26-17-23(41(43,44)45)16-24(18-26)42(46,47)48/h2-14,16-19,30-32,34-35,51H,15,20-21H2,1H3. The molecule has 4 aromatic carbocycles. The van der Waals surface area contributed by atoms with Crippen LogP contribution in [-0.4, -0.2) is 28.7 Å². The Labute approximate surface area is 316 Å². The number of para-hydroxylation sites is 1. The first kappa shape index (κ1) is 37.0. The van der Waals surface area contributed by atoms with Crippen LogP contribution in [0.25, 0.3) is 0 Å². The number of imide groups is 2. The number of nitrogens with zero attached hydrogens (tertiary/aromatic N) is 2. The van der Waals surface area contributed by atoms with Gasteiger partial charge in [-0.3, -0.25) is 19.2 Å². The predicted octanol–water partition coefficient (Wildman–Crippen LogP) is 8.44. The Hall–Kier alpha value is -5.92. The normalized spacial score (nSPS) is 26.2. The Morgan fingerprint density at radius 1 is 0.732 bits per heavy atom. The molecule has 1 saturated carbocycles. The SMILES string of the molecule is CC12C(=O)N(c3ccccc3)C(=O)C1CC1C(=CCC3C(=O)N(c4cc(C(F)(F)F)cc(C(F)(F)F)c4)C(=O)C31)C2c1ccc(OCc2ccccc2)cc1O. The zero-order chi connectivity index (χ0) is 39.9. The molecular formula is C42H32F6N2O6. The number of alkyl halides is 6. The maximum Gasteiger partial charge on any atom is 0.416 e. The summed E-state index contributed by atoms with van der Waals surface area (Å²) in [5.41, 5.74) is -3.93. The van der Waals surface area contributed by atoms with E-state index in [2.05, 4.69) is 0 Å². The van der Waals surface area contributed by atoms with Crippen molar-refractivity contribution in [3.05, 3.63) is 131 Å². The van der Waals surface area contributed by atoms with E-state index in [0.717, 1.165) is 10.5 Å². The Kier molecular flexibility index (Phi) is 8.66. The number of halogens is 6. The molecule has 0 aromatic heterocycles. The van der Waals surface area contributed by atoms with E-state index in [1.807, 2.05) is 30.3 Å². The first-order chi connectivity index (χ1) is 26.5. The summed E-state index contributed by atoms with van der Waals surface area (Å²) in [6.45, 7) is 1.80. The van der Waals surface area contributed by atoms with Crippen LogP contribution in [0.5, 0.6) is 11.5 Å². The number of rotatable bonds is 6. The molecule has 6 atom stereocenters. The van der Waals surface area contributed by atoms with Crippen LogP contribution in [0.4, 0.5) is 37.7 Å². The molecule has 3 fully saturated rings. The Morgan fingerprint density at radius 2 is 1.36 bits per heavy atom. The van der Waals surface area contributed by atoms with Gasteiger partial charge in [0.15, 0.2) is 0 Å². The number of carbonyl (C=O) groups excluding carboxylic acids is 4. The van der Waals surface area contributed by atoms with E-state index in [4.69, 9.17) is 4.74 Å². The third kappa shape index (κ3) is 5.84. The van der Waals surface area contributed by atoms with Crippen LogP contribution in [0.15, 0.2) is 109 Å². The summed E-state index contributed by atoms with van der Waals surface area (Å²) in [6, 6.07) is 22.6. The molecule has 56 heavy (non-hydrogen) atoms. The molecule has 4 amide bonds. The Bertz CT molecular complexity index is 2280. The molecule has 4 aliphatic rings. The summed E-state index contributed by atoms with van der Waals surface area (Å²) in [7, 11) is 0. The number of amides is 4. The molecule has 2 aliphatic heterocycles. The van der Waals surface area contributed by atoms with Gasteiger partial charge in [0.2, 0.25) is 23.6 Å². The van der Waals surface area contributed by atoms with E-state index in [0.29, 0.717) is 34.0 Å². The van der Waals surface area contributed by atoms with E-state index in [1.165, 1.54) is 6.07 Å². The van der Waals surface area contributed by atoms with E-state index in [9.17, 15) is 50.6 Å². The summed E-state index contributed by atoms with van der Waals surface area (Å²) >= 11 is 0. The third-order valence-electron chi connectivity index (χ3n) is 11.7. The van der Waals surface area contributed by atoms with Crippen molar-refractivity contribution in [2.75, 3.05) is 9.80 Å². The maximum absolute atomic E-state index is 14.6. The number of phenolic OH excluding ortho intramolecular Hbond substituents is 1. The second kappa shape index (κ2) is 13.1. The molecule has 2 heterocycles. The fourth-order valence-corrected chi connectivity index (χ4v) is 9.10. The lowest BCUT2D eigenvalue weighted by molar-refractivity contribution is -0.143. The third-order valence-corrected chi connectivity index (χ3v) is 11.7. The molecular weight excluding hydrogens is 742 g/mol. The molecule has 2 saturated heterocycles. The van der Waals surface area contributed by atoms with Crippen molar-refractivity contribution in [3.63, 3.8) is 0 Å². The topological polar surface area (TPSA) is 104 Å². The van der Waals surface area contributed by atoms with Gasteiger partial charge in [-0.05, 0) is 67.6 Å². The fraction of sp³-hybridized carbons (Fsp3) is 0.286. The van der Waals surface area contributed by atoms with Crippen molar-refractivity contribution in [1.29, 1.82) is 0 Å². The number of anilines is 2. The molecule has 4 aromatic rings. The van der Waals surface area contributed by atoms with Gasteiger partial charge in [-0.25, -0.2) is 9.80 Å². The Balaban J connectivity index is 1.22.